The third-order valence-electron chi connectivity index (χ3n) is 2.18. The lowest BCUT2D eigenvalue weighted by Crippen LogP contribution is -3.00. The van der Waals surface area contributed by atoms with Gasteiger partial charge in [0.1, 0.15) is 0 Å². The summed E-state index contributed by atoms with van der Waals surface area (Å²) < 4.78 is 0. The van der Waals surface area contributed by atoms with Crippen molar-refractivity contribution in [3.8, 4) is 0 Å². The van der Waals surface area contributed by atoms with Gasteiger partial charge in [0.05, 0.1) is 0 Å². The summed E-state index contributed by atoms with van der Waals surface area (Å²) in [4.78, 5) is 0. The molecule has 1 nitrogen and oxygen atoms in total. The molecule has 0 spiro atoms. The van der Waals surface area contributed by atoms with Crippen LogP contribution >= 0.6 is 0 Å². The highest BCUT2D eigenvalue weighted by Gasteiger charge is 2.16. The maximum absolute atomic E-state index is 5.85. The van der Waals surface area contributed by atoms with Crippen molar-refractivity contribution < 1.29 is 13.8 Å². The first kappa shape index (κ1) is 8.57. The molecule has 2 heteroatoms. The molecule has 1 atom stereocenters. The fourth-order valence-corrected chi connectivity index (χ4v) is 1.59. The van der Waals surface area contributed by atoms with Crippen LogP contribution < -0.4 is 18.1 Å². The number of aryl methyl sites for hydroxylation is 1. The van der Waals surface area contributed by atoms with Gasteiger partial charge in [-0.2, -0.15) is 0 Å². The molecule has 0 radical (unpaired) electrons. The normalized spacial score (nSPS) is 20.6. The number of fused-ring (bicyclic) bond motifs is 1. The zero-order chi connectivity index (χ0) is 6.97. The lowest BCUT2D eigenvalue weighted by atomic mass is 10.1. The lowest BCUT2D eigenvalue weighted by molar-refractivity contribution is -0.00000213. The molecule has 0 saturated carbocycles. The van der Waals surface area contributed by atoms with E-state index in [0.29, 0.717) is 6.04 Å². The first-order valence-corrected chi connectivity index (χ1v) is 3.71. The highest BCUT2D eigenvalue weighted by atomic mass is 35.5. The van der Waals surface area contributed by atoms with E-state index in [9.17, 15) is 0 Å². The Labute approximate surface area is 74.5 Å². The van der Waals surface area contributed by atoms with Crippen LogP contribution in [0.15, 0.2) is 24.3 Å². The molecular formula is C9H12ClN. The Morgan fingerprint density at radius 1 is 1.36 bits per heavy atom. The van der Waals surface area contributed by atoms with E-state index in [2.05, 4.69) is 24.3 Å². The average molecular weight is 170 g/mol. The van der Waals surface area contributed by atoms with Gasteiger partial charge in [0, 0.05) is 6.04 Å². The number of hydrogen-bond acceptors (Lipinski definition) is 1. The summed E-state index contributed by atoms with van der Waals surface area (Å²) >= 11 is 0. The lowest BCUT2D eigenvalue weighted by Gasteiger charge is -2.01. The van der Waals surface area contributed by atoms with Crippen molar-refractivity contribution in [3.63, 3.8) is 0 Å². The predicted molar refractivity (Wildman–Crippen MR) is 42.8 cm³/mol. The highest BCUT2D eigenvalue weighted by molar-refractivity contribution is 5.33. The standard InChI is InChI=1S/C9H11N.ClH/c10-9-6-5-7-3-1-2-4-8(7)9;/h1-4,9H,5-6,10H2;1H. The van der Waals surface area contributed by atoms with Crippen molar-refractivity contribution in [3.05, 3.63) is 35.4 Å². The van der Waals surface area contributed by atoms with E-state index in [0.717, 1.165) is 12.8 Å². The van der Waals surface area contributed by atoms with Crippen molar-refractivity contribution in [1.82, 2.24) is 0 Å². The molecule has 0 aliphatic heterocycles. The van der Waals surface area contributed by atoms with Crippen LogP contribution in [0, 0.1) is 0 Å². The Kier molecular flexibility index (Phi) is 2.53. The van der Waals surface area contributed by atoms with Gasteiger partial charge in [-0.1, -0.05) is 24.3 Å². The van der Waals surface area contributed by atoms with Gasteiger partial charge >= 0.3 is 1.43 Å². The van der Waals surface area contributed by atoms with Crippen LogP contribution in [0.2, 0.25) is 0 Å². The van der Waals surface area contributed by atoms with Gasteiger partial charge in [-0.25, -0.2) is 0 Å². The molecule has 0 amide bonds. The highest BCUT2D eigenvalue weighted by Crippen LogP contribution is 2.28. The zero-order valence-electron chi connectivity index (χ0n) is 7.26. The van der Waals surface area contributed by atoms with Crippen LogP contribution in [-0.2, 0) is 6.42 Å². The van der Waals surface area contributed by atoms with Crippen LogP contribution in [0.25, 0.3) is 0 Å². The monoisotopic (exact) mass is 169 g/mol. The van der Waals surface area contributed by atoms with Gasteiger partial charge in [-0.3, -0.25) is 0 Å². The van der Waals surface area contributed by atoms with Gasteiger partial charge in [0.2, 0.25) is 0 Å². The van der Waals surface area contributed by atoms with Crippen LogP contribution in [0.4, 0.5) is 0 Å². The predicted octanol–water partition coefficient (Wildman–Crippen LogP) is -1.25. The molecule has 1 aliphatic carbocycles. The number of nitrogens with two attached hydrogens (primary N) is 1. The van der Waals surface area contributed by atoms with Gasteiger partial charge in [0.15, 0.2) is 0 Å². The smallest absolute Gasteiger partial charge is 1.00 e. The second-order valence-electron chi connectivity index (χ2n) is 2.84. The van der Waals surface area contributed by atoms with E-state index in [4.69, 9.17) is 5.73 Å². The van der Waals surface area contributed by atoms with E-state index in [1.54, 1.807) is 0 Å². The summed E-state index contributed by atoms with van der Waals surface area (Å²) in [6, 6.07) is 8.74. The molecule has 0 fully saturated rings. The second kappa shape index (κ2) is 3.24. The summed E-state index contributed by atoms with van der Waals surface area (Å²) in [6.45, 7) is 0. The van der Waals surface area contributed by atoms with E-state index in [-0.39, 0.29) is 13.8 Å². The summed E-state index contributed by atoms with van der Waals surface area (Å²) in [5.41, 5.74) is 8.64. The molecule has 0 saturated heterocycles. The molecule has 1 aromatic carbocycles. The van der Waals surface area contributed by atoms with Gasteiger partial charge in [-0.15, -0.1) is 0 Å². The molecule has 1 unspecified atom stereocenters. The Balaban J connectivity index is 0.000000605. The first-order valence-electron chi connectivity index (χ1n) is 3.71. The quantitative estimate of drug-likeness (QED) is 0.516. The first-order chi connectivity index (χ1) is 4.88. The fraction of sp³-hybridized carbons (Fsp3) is 0.333. The van der Waals surface area contributed by atoms with Crippen molar-refractivity contribution in [1.29, 1.82) is 0 Å². The SMILES string of the molecule is NC1CCc2ccccc21.[Cl-].[H+]. The van der Waals surface area contributed by atoms with E-state index in [1.165, 1.54) is 11.1 Å². The maximum atomic E-state index is 5.85. The molecule has 0 heterocycles. The summed E-state index contributed by atoms with van der Waals surface area (Å²) in [7, 11) is 0. The maximum Gasteiger partial charge on any atom is 1.00 e. The summed E-state index contributed by atoms with van der Waals surface area (Å²) in [6.07, 6.45) is 2.29. The molecule has 2 N–H and O–H groups in total. The zero-order valence-corrected chi connectivity index (χ0v) is 7.01. The summed E-state index contributed by atoms with van der Waals surface area (Å²) in [5.74, 6) is 0. The van der Waals surface area contributed by atoms with Crippen LogP contribution in [0.5, 0.6) is 0 Å². The molecule has 1 aliphatic rings. The molecule has 0 bridgehead atoms. The number of rotatable bonds is 0. The molecule has 1 aromatic rings. The van der Waals surface area contributed by atoms with Gasteiger partial charge in [0.25, 0.3) is 0 Å². The Hall–Kier alpha value is -0.530. The Morgan fingerprint density at radius 3 is 2.82 bits per heavy atom. The number of halogens is 1. The third-order valence-corrected chi connectivity index (χ3v) is 2.18. The molecule has 11 heavy (non-hydrogen) atoms. The molecule has 0 aromatic heterocycles. The minimum atomic E-state index is 0. The van der Waals surface area contributed by atoms with Gasteiger partial charge in [-0.05, 0) is 24.0 Å². The van der Waals surface area contributed by atoms with E-state index >= 15 is 0 Å². The largest absolute Gasteiger partial charge is 1.00 e. The Morgan fingerprint density at radius 2 is 2.09 bits per heavy atom. The molecular weight excluding hydrogens is 158 g/mol. The number of hydrogen-bond donors (Lipinski definition) is 1. The molecule has 2 rings (SSSR count). The minimum Gasteiger partial charge on any atom is -1.00 e. The minimum absolute atomic E-state index is 0. The van der Waals surface area contributed by atoms with Crippen molar-refractivity contribution in [2.45, 2.75) is 18.9 Å². The van der Waals surface area contributed by atoms with Crippen LogP contribution in [0.3, 0.4) is 0 Å². The number of benzene rings is 1. The van der Waals surface area contributed by atoms with E-state index < -0.39 is 0 Å². The van der Waals surface area contributed by atoms with Gasteiger partial charge < -0.3 is 18.1 Å². The Bertz CT molecular complexity index is 252. The summed E-state index contributed by atoms with van der Waals surface area (Å²) in [5, 5.41) is 0. The van der Waals surface area contributed by atoms with Crippen LogP contribution in [0.1, 0.15) is 25.0 Å². The van der Waals surface area contributed by atoms with Crippen molar-refractivity contribution in [2.75, 3.05) is 0 Å². The van der Waals surface area contributed by atoms with Crippen molar-refractivity contribution >= 4 is 0 Å². The van der Waals surface area contributed by atoms with Crippen molar-refractivity contribution in [2.24, 2.45) is 5.73 Å². The molecule has 60 valence electrons. The topological polar surface area (TPSA) is 26.0 Å². The van der Waals surface area contributed by atoms with E-state index in [1.807, 2.05) is 0 Å². The van der Waals surface area contributed by atoms with Crippen LogP contribution in [-0.4, -0.2) is 0 Å². The second-order valence-corrected chi connectivity index (χ2v) is 2.84. The fourth-order valence-electron chi connectivity index (χ4n) is 1.59. The third kappa shape index (κ3) is 1.39. The average Bonchev–Trinajstić information content (AvgIpc) is 2.34.